The topological polar surface area (TPSA) is 76.9 Å². The number of rotatable bonds is 2. The molecule has 5 rings (SSSR count). The Labute approximate surface area is 185 Å². The van der Waals surface area contributed by atoms with Crippen LogP contribution < -0.4 is 4.57 Å². The van der Waals surface area contributed by atoms with Crippen molar-refractivity contribution in [1.82, 2.24) is 0 Å². The van der Waals surface area contributed by atoms with Crippen molar-refractivity contribution >= 4 is 5.71 Å². The van der Waals surface area contributed by atoms with Crippen molar-refractivity contribution in [2.75, 3.05) is 0 Å². The van der Waals surface area contributed by atoms with E-state index in [9.17, 15) is 15.4 Å². The summed E-state index contributed by atoms with van der Waals surface area (Å²) in [5.74, 6) is 1.45. The van der Waals surface area contributed by atoms with Crippen LogP contribution in [0.4, 0.5) is 0 Å². The van der Waals surface area contributed by atoms with Gasteiger partial charge in [-0.1, -0.05) is 36.7 Å². The fourth-order valence-electron chi connectivity index (χ4n) is 8.68. The van der Waals surface area contributed by atoms with Crippen LogP contribution in [0.1, 0.15) is 65.7 Å². The number of aliphatic hydroxyl groups excluding tert-OH is 2. The Morgan fingerprint density at radius 3 is 2.52 bits per heavy atom. The lowest BCUT2D eigenvalue weighted by atomic mass is 9.46. The maximum absolute atomic E-state index is 11.7. The minimum absolute atomic E-state index is 0.166. The summed E-state index contributed by atoms with van der Waals surface area (Å²) in [4.78, 5) is 0. The van der Waals surface area contributed by atoms with Crippen molar-refractivity contribution < 1.29 is 20.0 Å². The third-order valence-electron chi connectivity index (χ3n) is 10.1. The zero-order chi connectivity index (χ0) is 22.0. The predicted molar refractivity (Wildman–Crippen MR) is 119 cm³/mol. The van der Waals surface area contributed by atoms with E-state index in [0.717, 1.165) is 44.9 Å². The molecule has 0 spiro atoms. The normalized spacial score (nSPS) is 47.2. The van der Waals surface area contributed by atoms with E-state index in [4.69, 9.17) is 0 Å². The van der Waals surface area contributed by atoms with E-state index in [0.29, 0.717) is 23.5 Å². The molecule has 168 valence electrons. The van der Waals surface area contributed by atoms with Gasteiger partial charge in [-0.05, 0) is 75.0 Å². The number of hydrogen-bond donors (Lipinski definition) is 3. The smallest absolute Gasteiger partial charge is 0.239 e. The highest BCUT2D eigenvalue weighted by atomic mass is 16.4. The quantitative estimate of drug-likeness (QED) is 0.222. The Morgan fingerprint density at radius 1 is 1.06 bits per heavy atom. The maximum Gasteiger partial charge on any atom is 0.239 e. The number of aliphatic hydroxyl groups is 2. The van der Waals surface area contributed by atoms with E-state index in [2.05, 4.69) is 29.6 Å². The molecule has 0 aromatic carbocycles. The molecule has 5 heteroatoms. The first-order chi connectivity index (χ1) is 14.8. The van der Waals surface area contributed by atoms with Crippen molar-refractivity contribution in [2.45, 2.75) is 83.5 Å². The van der Waals surface area contributed by atoms with Crippen LogP contribution in [0.3, 0.4) is 0 Å². The monoisotopic (exact) mass is 425 g/mol. The number of fused-ring (bicyclic) bond motifs is 5. The summed E-state index contributed by atoms with van der Waals surface area (Å²) in [6, 6.07) is 5.97. The van der Waals surface area contributed by atoms with Crippen molar-refractivity contribution in [1.29, 1.82) is 0 Å². The minimum atomic E-state index is -0.744. The van der Waals surface area contributed by atoms with Gasteiger partial charge in [0.1, 0.15) is 11.8 Å². The number of oxime groups is 1. The standard InChI is InChI=1S/C26H36N2O3/c1-17(27-31)26(28-13-5-4-6-14-28)23(30)16-22-20-8-7-18-15-19(29)9-11-24(18,2)21(20)10-12-25(22,26)3/h4-7,13-14,19-23,29-30H,8-12,15-16H2,1-3H3/p+1/b27-17+/t19?,20?,21?,22?,23-,24+,25+,26-/m1/s1. The molecule has 0 saturated heterocycles. The van der Waals surface area contributed by atoms with Gasteiger partial charge in [0.2, 0.25) is 5.54 Å². The number of pyridine rings is 1. The Kier molecular flexibility index (Phi) is 4.87. The summed E-state index contributed by atoms with van der Waals surface area (Å²) in [7, 11) is 0. The van der Waals surface area contributed by atoms with Crippen molar-refractivity contribution in [2.24, 2.45) is 33.7 Å². The van der Waals surface area contributed by atoms with Crippen LogP contribution in [0.5, 0.6) is 0 Å². The van der Waals surface area contributed by atoms with Gasteiger partial charge in [-0.15, -0.1) is 0 Å². The lowest BCUT2D eigenvalue weighted by Crippen LogP contribution is -2.72. The fraction of sp³-hybridized carbons (Fsp3) is 0.692. The molecule has 4 unspecified atom stereocenters. The largest absolute Gasteiger partial charge is 0.411 e. The molecule has 5 nitrogen and oxygen atoms in total. The first-order valence-corrected chi connectivity index (χ1v) is 12.0. The molecule has 3 saturated carbocycles. The van der Waals surface area contributed by atoms with Gasteiger partial charge in [0.15, 0.2) is 12.4 Å². The molecule has 1 aromatic rings. The molecule has 0 radical (unpaired) electrons. The van der Waals surface area contributed by atoms with E-state index < -0.39 is 11.6 Å². The Bertz CT molecular complexity index is 914. The van der Waals surface area contributed by atoms with Crippen LogP contribution in [-0.2, 0) is 5.54 Å². The molecule has 8 atom stereocenters. The molecule has 4 aliphatic carbocycles. The van der Waals surface area contributed by atoms with Gasteiger partial charge in [-0.2, -0.15) is 4.57 Å². The summed E-state index contributed by atoms with van der Waals surface area (Å²) in [5, 5.41) is 35.5. The molecule has 31 heavy (non-hydrogen) atoms. The lowest BCUT2D eigenvalue weighted by molar-refractivity contribution is -0.766. The van der Waals surface area contributed by atoms with Crippen LogP contribution in [0.2, 0.25) is 0 Å². The predicted octanol–water partition coefficient (Wildman–Crippen LogP) is 3.81. The van der Waals surface area contributed by atoms with Gasteiger partial charge in [-0.3, -0.25) is 0 Å². The van der Waals surface area contributed by atoms with Crippen LogP contribution in [0.15, 0.2) is 47.4 Å². The van der Waals surface area contributed by atoms with Crippen molar-refractivity contribution in [3.63, 3.8) is 0 Å². The van der Waals surface area contributed by atoms with Gasteiger partial charge in [0.05, 0.1) is 6.10 Å². The van der Waals surface area contributed by atoms with Gasteiger partial charge >= 0.3 is 0 Å². The minimum Gasteiger partial charge on any atom is -0.411 e. The zero-order valence-corrected chi connectivity index (χ0v) is 19.0. The van der Waals surface area contributed by atoms with Crippen LogP contribution >= 0.6 is 0 Å². The Morgan fingerprint density at radius 2 is 1.81 bits per heavy atom. The number of nitrogens with zero attached hydrogens (tertiary/aromatic N) is 2. The summed E-state index contributed by atoms with van der Waals surface area (Å²) < 4.78 is 2.11. The van der Waals surface area contributed by atoms with Gasteiger partial charge in [-0.25, -0.2) is 0 Å². The molecule has 0 bridgehead atoms. The lowest BCUT2D eigenvalue weighted by Gasteiger charge is -2.58. The van der Waals surface area contributed by atoms with E-state index in [1.165, 1.54) is 5.57 Å². The summed E-state index contributed by atoms with van der Waals surface area (Å²) in [6.07, 6.45) is 12.3. The highest BCUT2D eigenvalue weighted by molar-refractivity contribution is 5.89. The summed E-state index contributed by atoms with van der Waals surface area (Å²) >= 11 is 0. The SMILES string of the molecule is C/C(=N\O)[C@@]1([n+]2ccccc2)[C@H](O)CC2C3CC=C4CC(O)CC[C@]4(C)C3CC[C@@]21C. The highest BCUT2D eigenvalue weighted by Gasteiger charge is 2.74. The molecular weight excluding hydrogens is 388 g/mol. The van der Waals surface area contributed by atoms with Gasteiger partial charge < -0.3 is 15.4 Å². The first-order valence-electron chi connectivity index (χ1n) is 12.0. The highest BCUT2D eigenvalue weighted by Crippen LogP contribution is 2.68. The molecule has 4 aliphatic rings. The number of allylic oxidation sites excluding steroid dienone is 1. The third-order valence-corrected chi connectivity index (χ3v) is 10.1. The van der Waals surface area contributed by atoms with Gasteiger partial charge in [0, 0.05) is 17.5 Å². The number of hydrogen-bond acceptors (Lipinski definition) is 4. The van der Waals surface area contributed by atoms with E-state index in [1.54, 1.807) is 0 Å². The molecule has 0 amide bonds. The average molecular weight is 426 g/mol. The first kappa shape index (κ1) is 21.1. The third kappa shape index (κ3) is 2.62. The second kappa shape index (κ2) is 7.14. The van der Waals surface area contributed by atoms with Gasteiger partial charge in [0.25, 0.3) is 0 Å². The number of aromatic nitrogens is 1. The fourth-order valence-corrected chi connectivity index (χ4v) is 8.68. The van der Waals surface area contributed by atoms with E-state index in [-0.39, 0.29) is 16.9 Å². The zero-order valence-electron chi connectivity index (χ0n) is 19.0. The van der Waals surface area contributed by atoms with E-state index in [1.807, 2.05) is 37.5 Å². The molecule has 3 N–H and O–H groups in total. The Hall–Kier alpha value is -1.72. The second-order valence-electron chi connectivity index (χ2n) is 11.1. The van der Waals surface area contributed by atoms with Crippen LogP contribution in [0.25, 0.3) is 0 Å². The van der Waals surface area contributed by atoms with Crippen molar-refractivity contribution in [3.8, 4) is 0 Å². The second-order valence-corrected chi connectivity index (χ2v) is 11.1. The maximum atomic E-state index is 11.7. The van der Waals surface area contributed by atoms with E-state index >= 15 is 0 Å². The van der Waals surface area contributed by atoms with Crippen LogP contribution in [-0.4, -0.2) is 33.3 Å². The molecule has 1 aromatic heterocycles. The average Bonchev–Trinajstić information content (AvgIpc) is 3.01. The van der Waals surface area contributed by atoms with Crippen LogP contribution in [0, 0.1) is 28.6 Å². The molecule has 1 heterocycles. The molecule has 0 aliphatic heterocycles. The Balaban J connectivity index is 1.61. The van der Waals surface area contributed by atoms with Crippen molar-refractivity contribution in [3.05, 3.63) is 42.2 Å². The summed E-state index contributed by atoms with van der Waals surface area (Å²) in [5.41, 5.74) is 1.28. The summed E-state index contributed by atoms with van der Waals surface area (Å²) in [6.45, 7) is 6.62. The molecular formula is C26H37N2O3+. The molecule has 3 fully saturated rings.